The third-order valence-electron chi connectivity index (χ3n) is 2.29. The molecule has 14 heavy (non-hydrogen) atoms. The molecule has 0 aliphatic rings. The molecule has 0 saturated carbocycles. The number of hydrogen-bond acceptors (Lipinski definition) is 3. The van der Waals surface area contributed by atoms with E-state index in [1.165, 1.54) is 4.57 Å². The van der Waals surface area contributed by atoms with Gasteiger partial charge in [0.15, 0.2) is 5.58 Å². The van der Waals surface area contributed by atoms with Crippen LogP contribution in [0, 0.1) is 0 Å². The summed E-state index contributed by atoms with van der Waals surface area (Å²) in [6.45, 7) is 0. The molecule has 1 aromatic carbocycles. The van der Waals surface area contributed by atoms with Crippen LogP contribution in [-0.4, -0.2) is 18.7 Å². The zero-order chi connectivity index (χ0) is 10.3. The topological polar surface area (TPSA) is 38.4 Å². The Morgan fingerprint density at radius 2 is 2.07 bits per heavy atom. The number of anilines is 1. The highest BCUT2D eigenvalue weighted by Crippen LogP contribution is 2.19. The molecule has 0 N–H and O–H groups in total. The van der Waals surface area contributed by atoms with E-state index in [4.69, 9.17) is 4.42 Å². The molecule has 74 valence electrons. The average Bonchev–Trinajstić information content (AvgIpc) is 2.43. The molecule has 2 rings (SSSR count). The van der Waals surface area contributed by atoms with Crippen LogP contribution in [0.15, 0.2) is 27.4 Å². The van der Waals surface area contributed by atoms with Crippen LogP contribution in [0.25, 0.3) is 11.1 Å². The van der Waals surface area contributed by atoms with E-state index >= 15 is 0 Å². The molecular weight excluding hydrogens is 180 g/mol. The third kappa shape index (κ3) is 1.19. The number of oxazole rings is 1. The summed E-state index contributed by atoms with van der Waals surface area (Å²) >= 11 is 0. The molecule has 0 fully saturated rings. The van der Waals surface area contributed by atoms with E-state index in [0.29, 0.717) is 5.58 Å². The van der Waals surface area contributed by atoms with Crippen molar-refractivity contribution in [1.82, 2.24) is 4.57 Å². The van der Waals surface area contributed by atoms with E-state index in [0.717, 1.165) is 11.2 Å². The Kier molecular flexibility index (Phi) is 1.84. The fourth-order valence-corrected chi connectivity index (χ4v) is 1.39. The summed E-state index contributed by atoms with van der Waals surface area (Å²) in [5.41, 5.74) is 2.50. The van der Waals surface area contributed by atoms with E-state index in [2.05, 4.69) is 0 Å². The molecule has 0 atom stereocenters. The van der Waals surface area contributed by atoms with E-state index in [1.807, 2.05) is 37.2 Å². The summed E-state index contributed by atoms with van der Waals surface area (Å²) in [4.78, 5) is 13.2. The smallest absolute Gasteiger partial charge is 0.408 e. The first kappa shape index (κ1) is 8.87. The second kappa shape index (κ2) is 2.90. The number of rotatable bonds is 1. The SMILES string of the molecule is CN(C)c1ccc2oc(=O)n(C)c2c1. The fourth-order valence-electron chi connectivity index (χ4n) is 1.39. The van der Waals surface area contributed by atoms with Crippen LogP contribution in [0.2, 0.25) is 0 Å². The quantitative estimate of drug-likeness (QED) is 0.681. The van der Waals surface area contributed by atoms with Crippen LogP contribution in [0.1, 0.15) is 0 Å². The number of benzene rings is 1. The Bertz CT molecular complexity index is 522. The summed E-state index contributed by atoms with van der Waals surface area (Å²) in [5.74, 6) is -0.323. The van der Waals surface area contributed by atoms with Gasteiger partial charge in [0.2, 0.25) is 0 Å². The van der Waals surface area contributed by atoms with Crippen molar-refractivity contribution in [3.8, 4) is 0 Å². The molecule has 0 bridgehead atoms. The molecule has 0 unspecified atom stereocenters. The van der Waals surface area contributed by atoms with E-state index < -0.39 is 0 Å². The minimum Gasteiger partial charge on any atom is -0.408 e. The van der Waals surface area contributed by atoms with Gasteiger partial charge in [-0.05, 0) is 18.2 Å². The molecule has 4 nitrogen and oxygen atoms in total. The summed E-state index contributed by atoms with van der Waals surface area (Å²) in [6, 6.07) is 5.66. The van der Waals surface area contributed by atoms with Gasteiger partial charge in [0.1, 0.15) is 0 Å². The Balaban J connectivity index is 2.76. The molecule has 0 aliphatic carbocycles. The highest BCUT2D eigenvalue weighted by molar-refractivity contribution is 5.77. The zero-order valence-corrected chi connectivity index (χ0v) is 8.44. The summed E-state index contributed by atoms with van der Waals surface area (Å²) in [6.07, 6.45) is 0. The molecule has 1 heterocycles. The lowest BCUT2D eigenvalue weighted by molar-refractivity contribution is 0.528. The molecule has 0 aliphatic heterocycles. The number of aryl methyl sites for hydroxylation is 1. The lowest BCUT2D eigenvalue weighted by Gasteiger charge is -2.11. The highest BCUT2D eigenvalue weighted by Gasteiger charge is 2.06. The maximum absolute atomic E-state index is 11.2. The molecule has 1 aromatic heterocycles. The van der Waals surface area contributed by atoms with Gasteiger partial charge in [-0.1, -0.05) is 0 Å². The van der Waals surface area contributed by atoms with Gasteiger partial charge >= 0.3 is 5.76 Å². The second-order valence-electron chi connectivity index (χ2n) is 3.47. The summed E-state index contributed by atoms with van der Waals surface area (Å²) < 4.78 is 6.52. The van der Waals surface area contributed by atoms with Crippen LogP contribution in [-0.2, 0) is 7.05 Å². The van der Waals surface area contributed by atoms with Crippen LogP contribution >= 0.6 is 0 Å². The maximum Gasteiger partial charge on any atom is 0.419 e. The third-order valence-corrected chi connectivity index (χ3v) is 2.29. The van der Waals surface area contributed by atoms with Crippen molar-refractivity contribution in [3.05, 3.63) is 28.7 Å². The molecule has 2 aromatic rings. The Morgan fingerprint density at radius 3 is 2.71 bits per heavy atom. The first-order chi connectivity index (χ1) is 6.59. The lowest BCUT2D eigenvalue weighted by Crippen LogP contribution is -2.10. The van der Waals surface area contributed by atoms with Gasteiger partial charge in [0, 0.05) is 26.8 Å². The van der Waals surface area contributed by atoms with Crippen molar-refractivity contribution >= 4 is 16.8 Å². The zero-order valence-electron chi connectivity index (χ0n) is 8.44. The minimum atomic E-state index is -0.323. The van der Waals surface area contributed by atoms with E-state index in [-0.39, 0.29) is 5.76 Å². The van der Waals surface area contributed by atoms with Gasteiger partial charge in [-0.2, -0.15) is 0 Å². The van der Waals surface area contributed by atoms with Crippen LogP contribution in [0.4, 0.5) is 5.69 Å². The van der Waals surface area contributed by atoms with E-state index in [9.17, 15) is 4.79 Å². The number of fused-ring (bicyclic) bond motifs is 1. The largest absolute Gasteiger partial charge is 0.419 e. The summed E-state index contributed by atoms with van der Waals surface area (Å²) in [5, 5.41) is 0. The van der Waals surface area contributed by atoms with Crippen molar-refractivity contribution in [3.63, 3.8) is 0 Å². The van der Waals surface area contributed by atoms with E-state index in [1.54, 1.807) is 7.05 Å². The number of hydrogen-bond donors (Lipinski definition) is 0. The molecule has 0 amide bonds. The van der Waals surface area contributed by atoms with Crippen molar-refractivity contribution in [2.45, 2.75) is 0 Å². The van der Waals surface area contributed by atoms with Gasteiger partial charge in [0.25, 0.3) is 0 Å². The Morgan fingerprint density at radius 1 is 1.36 bits per heavy atom. The minimum absolute atomic E-state index is 0.323. The monoisotopic (exact) mass is 192 g/mol. The molecular formula is C10H12N2O2. The van der Waals surface area contributed by atoms with Gasteiger partial charge < -0.3 is 9.32 Å². The second-order valence-corrected chi connectivity index (χ2v) is 3.47. The van der Waals surface area contributed by atoms with Gasteiger partial charge in [-0.25, -0.2) is 4.79 Å². The first-order valence-electron chi connectivity index (χ1n) is 4.36. The van der Waals surface area contributed by atoms with Gasteiger partial charge in [-0.3, -0.25) is 4.57 Å². The van der Waals surface area contributed by atoms with Crippen molar-refractivity contribution in [2.24, 2.45) is 7.05 Å². The fraction of sp³-hybridized carbons (Fsp3) is 0.300. The van der Waals surface area contributed by atoms with Crippen LogP contribution < -0.4 is 10.7 Å². The predicted octanol–water partition coefficient (Wildman–Crippen LogP) is 1.20. The Labute approximate surface area is 81.4 Å². The normalized spacial score (nSPS) is 10.8. The van der Waals surface area contributed by atoms with Gasteiger partial charge in [0.05, 0.1) is 5.52 Å². The highest BCUT2D eigenvalue weighted by atomic mass is 16.4. The predicted molar refractivity (Wildman–Crippen MR) is 55.8 cm³/mol. The number of aromatic nitrogens is 1. The number of nitrogens with zero attached hydrogens (tertiary/aromatic N) is 2. The molecule has 4 heteroatoms. The van der Waals surface area contributed by atoms with Crippen LogP contribution in [0.5, 0.6) is 0 Å². The average molecular weight is 192 g/mol. The van der Waals surface area contributed by atoms with Gasteiger partial charge in [-0.15, -0.1) is 0 Å². The Hall–Kier alpha value is -1.71. The lowest BCUT2D eigenvalue weighted by atomic mass is 10.2. The van der Waals surface area contributed by atoms with Crippen LogP contribution in [0.3, 0.4) is 0 Å². The first-order valence-corrected chi connectivity index (χ1v) is 4.36. The summed E-state index contributed by atoms with van der Waals surface area (Å²) in [7, 11) is 5.62. The van der Waals surface area contributed by atoms with Crippen molar-refractivity contribution in [1.29, 1.82) is 0 Å². The standard InChI is InChI=1S/C10H12N2O2/c1-11(2)7-4-5-9-8(6-7)12(3)10(13)14-9/h4-6H,1-3H3. The molecule has 0 spiro atoms. The van der Waals surface area contributed by atoms with Crippen molar-refractivity contribution in [2.75, 3.05) is 19.0 Å². The molecule has 0 saturated heterocycles. The van der Waals surface area contributed by atoms with Crippen molar-refractivity contribution < 1.29 is 4.42 Å². The maximum atomic E-state index is 11.2. The molecule has 0 radical (unpaired) electrons.